The lowest BCUT2D eigenvalue weighted by molar-refractivity contribution is -0.136. The van der Waals surface area contributed by atoms with Crippen LogP contribution in [0.25, 0.3) is 6.08 Å². The molecule has 0 bridgehead atoms. The summed E-state index contributed by atoms with van der Waals surface area (Å²) in [6.45, 7) is 0.344. The smallest absolute Gasteiger partial charge is 0.247 e. The number of carbonyl (C=O) groups is 2. The molecule has 3 N–H and O–H groups in total. The van der Waals surface area contributed by atoms with Crippen molar-refractivity contribution in [1.82, 2.24) is 9.62 Å². The van der Waals surface area contributed by atoms with Crippen LogP contribution in [-0.4, -0.2) is 31.2 Å². The molecule has 0 saturated carbocycles. The number of fused-ring (bicyclic) bond motifs is 1. The molecule has 2 heterocycles. The Morgan fingerprint density at radius 2 is 1.79 bits per heavy atom. The summed E-state index contributed by atoms with van der Waals surface area (Å²) in [5.74, 6) is -0.390. The first-order valence-corrected chi connectivity index (χ1v) is 11.8. The molecule has 8 nitrogen and oxygen atoms in total. The maximum atomic E-state index is 12.8. The van der Waals surface area contributed by atoms with Gasteiger partial charge in [-0.3, -0.25) is 9.59 Å². The highest BCUT2D eigenvalue weighted by molar-refractivity contribution is 7.89. The van der Waals surface area contributed by atoms with Crippen LogP contribution in [0.15, 0.2) is 82.3 Å². The predicted octanol–water partition coefficient (Wildman–Crippen LogP) is 2.21. The van der Waals surface area contributed by atoms with Crippen molar-refractivity contribution < 1.29 is 22.4 Å². The number of benzene rings is 2. The van der Waals surface area contributed by atoms with Gasteiger partial charge in [-0.1, -0.05) is 36.4 Å². The molecule has 1 aliphatic heterocycles. The van der Waals surface area contributed by atoms with E-state index in [0.29, 0.717) is 24.3 Å². The molecule has 0 aliphatic carbocycles. The molecular weight excluding hydrogens is 442 g/mol. The lowest BCUT2D eigenvalue weighted by atomic mass is 9.93. The van der Waals surface area contributed by atoms with E-state index in [4.69, 9.17) is 10.2 Å². The van der Waals surface area contributed by atoms with Crippen LogP contribution in [0.4, 0.5) is 0 Å². The van der Waals surface area contributed by atoms with Crippen LogP contribution in [0.2, 0.25) is 0 Å². The zero-order valence-corrected chi connectivity index (χ0v) is 18.5. The number of nitrogens with one attached hydrogen (secondary N) is 1. The molecule has 1 aromatic heterocycles. The van der Waals surface area contributed by atoms with Crippen LogP contribution in [0.1, 0.15) is 22.5 Å². The summed E-state index contributed by atoms with van der Waals surface area (Å²) in [7, 11) is -3.71. The Hall–Kier alpha value is -3.69. The molecule has 3 aromatic rings. The number of nitrogens with zero attached hydrogens (tertiary/aromatic N) is 1. The van der Waals surface area contributed by atoms with Gasteiger partial charge in [0, 0.05) is 19.0 Å². The van der Waals surface area contributed by atoms with E-state index in [0.717, 1.165) is 11.1 Å². The number of hydrogen-bond donors (Lipinski definition) is 2. The molecule has 1 atom stereocenters. The van der Waals surface area contributed by atoms with Crippen LogP contribution < -0.4 is 10.5 Å². The lowest BCUT2D eigenvalue weighted by Crippen LogP contribution is -2.50. The molecule has 1 aliphatic rings. The lowest BCUT2D eigenvalue weighted by Gasteiger charge is -2.34. The Labute approximate surface area is 191 Å². The summed E-state index contributed by atoms with van der Waals surface area (Å²) in [6.07, 6.45) is 4.79. The Bertz CT molecular complexity index is 1280. The minimum absolute atomic E-state index is 0.0471. The van der Waals surface area contributed by atoms with Gasteiger partial charge in [-0.25, -0.2) is 13.1 Å². The summed E-state index contributed by atoms with van der Waals surface area (Å²) in [5.41, 5.74) is 8.17. The second-order valence-electron chi connectivity index (χ2n) is 7.66. The van der Waals surface area contributed by atoms with Gasteiger partial charge in [0.25, 0.3) is 0 Å². The van der Waals surface area contributed by atoms with Crippen molar-refractivity contribution in [2.24, 2.45) is 5.73 Å². The number of rotatable bonds is 7. The molecular formula is C24H23N3O5S. The molecule has 0 spiro atoms. The average molecular weight is 466 g/mol. The SMILES string of the molecule is NC(=O)C1Cc2ccccc2CN1C(=O)C=Cc1ccc(S(=O)(=O)NCc2ccco2)cc1. The predicted molar refractivity (Wildman–Crippen MR) is 122 cm³/mol. The summed E-state index contributed by atoms with van der Waals surface area (Å²) in [6, 6.07) is 16.4. The van der Waals surface area contributed by atoms with E-state index in [9.17, 15) is 18.0 Å². The van der Waals surface area contributed by atoms with Crippen LogP contribution in [0.5, 0.6) is 0 Å². The van der Waals surface area contributed by atoms with Crippen molar-refractivity contribution in [2.75, 3.05) is 0 Å². The van der Waals surface area contributed by atoms with E-state index in [-0.39, 0.29) is 17.3 Å². The van der Waals surface area contributed by atoms with E-state index < -0.39 is 22.0 Å². The first-order valence-electron chi connectivity index (χ1n) is 10.3. The van der Waals surface area contributed by atoms with Crippen molar-refractivity contribution in [2.45, 2.75) is 30.4 Å². The first-order chi connectivity index (χ1) is 15.8. The van der Waals surface area contributed by atoms with Crippen LogP contribution >= 0.6 is 0 Å². The number of nitrogens with two attached hydrogens (primary N) is 1. The molecule has 0 saturated heterocycles. The van der Waals surface area contributed by atoms with E-state index in [1.54, 1.807) is 30.3 Å². The van der Waals surface area contributed by atoms with E-state index in [2.05, 4.69) is 4.72 Å². The molecule has 1 unspecified atom stereocenters. The Kier molecular flexibility index (Phi) is 6.43. The van der Waals surface area contributed by atoms with Crippen molar-refractivity contribution in [3.63, 3.8) is 0 Å². The normalized spacial score (nSPS) is 16.0. The molecule has 2 amide bonds. The molecule has 170 valence electrons. The fourth-order valence-electron chi connectivity index (χ4n) is 3.69. The number of carbonyl (C=O) groups excluding carboxylic acids is 2. The highest BCUT2D eigenvalue weighted by Crippen LogP contribution is 2.24. The zero-order valence-electron chi connectivity index (χ0n) is 17.7. The highest BCUT2D eigenvalue weighted by atomic mass is 32.2. The van der Waals surface area contributed by atoms with Gasteiger partial charge in [0.15, 0.2) is 0 Å². The molecule has 9 heteroatoms. The van der Waals surface area contributed by atoms with Gasteiger partial charge in [-0.15, -0.1) is 0 Å². The highest BCUT2D eigenvalue weighted by Gasteiger charge is 2.32. The maximum absolute atomic E-state index is 12.8. The van der Waals surface area contributed by atoms with Crippen LogP contribution in [0.3, 0.4) is 0 Å². The zero-order chi connectivity index (χ0) is 23.4. The van der Waals surface area contributed by atoms with Gasteiger partial charge in [0.2, 0.25) is 21.8 Å². The molecule has 2 aromatic carbocycles. The number of amides is 2. The van der Waals surface area contributed by atoms with Gasteiger partial charge in [0.05, 0.1) is 17.7 Å². The summed E-state index contributed by atoms with van der Waals surface area (Å²) < 4.78 is 32.5. The molecule has 33 heavy (non-hydrogen) atoms. The van der Waals surface area contributed by atoms with E-state index in [1.807, 2.05) is 24.3 Å². The quantitative estimate of drug-likeness (QED) is 0.518. The first kappa shape index (κ1) is 22.5. The molecule has 4 rings (SSSR count). The Balaban J connectivity index is 1.44. The third kappa shape index (κ3) is 5.21. The fraction of sp³-hybridized carbons (Fsp3) is 0.167. The van der Waals surface area contributed by atoms with E-state index >= 15 is 0 Å². The number of hydrogen-bond acceptors (Lipinski definition) is 5. The number of furan rings is 1. The minimum Gasteiger partial charge on any atom is -0.468 e. The molecule has 0 fully saturated rings. The van der Waals surface area contributed by atoms with Crippen LogP contribution in [-0.2, 0) is 39.1 Å². The van der Waals surface area contributed by atoms with Crippen molar-refractivity contribution in [3.8, 4) is 0 Å². The van der Waals surface area contributed by atoms with Gasteiger partial charge < -0.3 is 15.1 Å². The van der Waals surface area contributed by atoms with Gasteiger partial charge in [-0.05, 0) is 47.0 Å². The van der Waals surface area contributed by atoms with Crippen molar-refractivity contribution >= 4 is 27.9 Å². The van der Waals surface area contributed by atoms with Gasteiger partial charge in [-0.2, -0.15) is 0 Å². The van der Waals surface area contributed by atoms with E-state index in [1.165, 1.54) is 29.4 Å². The van der Waals surface area contributed by atoms with Crippen molar-refractivity contribution in [3.05, 3.63) is 95.5 Å². The Morgan fingerprint density at radius 3 is 2.45 bits per heavy atom. The molecule has 0 radical (unpaired) electrons. The minimum atomic E-state index is -3.71. The third-order valence-corrected chi connectivity index (χ3v) is 6.90. The average Bonchev–Trinajstić information content (AvgIpc) is 3.34. The van der Waals surface area contributed by atoms with Gasteiger partial charge >= 0.3 is 0 Å². The standard InChI is InChI=1S/C24H23N3O5S/c25-24(29)22-14-18-4-1-2-5-19(18)16-27(22)23(28)12-9-17-7-10-21(11-8-17)33(30,31)26-15-20-6-3-13-32-20/h1-13,22,26H,14-16H2,(H2,25,29). The number of primary amides is 1. The second-order valence-corrected chi connectivity index (χ2v) is 9.43. The van der Waals surface area contributed by atoms with Crippen LogP contribution in [0, 0.1) is 0 Å². The maximum Gasteiger partial charge on any atom is 0.247 e. The summed E-state index contributed by atoms with van der Waals surface area (Å²) in [4.78, 5) is 26.3. The Morgan fingerprint density at radius 1 is 1.06 bits per heavy atom. The topological polar surface area (TPSA) is 123 Å². The van der Waals surface area contributed by atoms with Gasteiger partial charge in [0.1, 0.15) is 11.8 Å². The van der Waals surface area contributed by atoms with Crippen molar-refractivity contribution in [1.29, 1.82) is 0 Å². The second kappa shape index (κ2) is 9.43. The fourth-order valence-corrected chi connectivity index (χ4v) is 4.69. The monoisotopic (exact) mass is 465 g/mol. The summed E-state index contributed by atoms with van der Waals surface area (Å²) >= 11 is 0. The summed E-state index contributed by atoms with van der Waals surface area (Å²) in [5, 5.41) is 0. The third-order valence-electron chi connectivity index (χ3n) is 5.49. The largest absolute Gasteiger partial charge is 0.468 e. The number of sulfonamides is 1.